The van der Waals surface area contributed by atoms with Gasteiger partial charge in [0.15, 0.2) is 0 Å². The summed E-state index contributed by atoms with van der Waals surface area (Å²) >= 11 is 2.40. The number of allylic oxidation sites excluding steroid dienone is 8. The molecule has 24 heavy (non-hydrogen) atoms. The minimum atomic E-state index is -0.0139. The van der Waals surface area contributed by atoms with Crippen molar-refractivity contribution < 1.29 is 0 Å². The molecule has 0 radical (unpaired) electrons. The van der Waals surface area contributed by atoms with Gasteiger partial charge in [0, 0.05) is 5.41 Å². The summed E-state index contributed by atoms with van der Waals surface area (Å²) in [6, 6.07) is 8.61. The smallest absolute Gasteiger partial charge is 0.0158 e. The first-order valence-corrected chi connectivity index (χ1v) is 9.57. The maximum atomic E-state index is 4.37. The molecule has 126 valence electrons. The van der Waals surface area contributed by atoms with Crippen LogP contribution >= 0.6 is 22.6 Å². The van der Waals surface area contributed by atoms with Crippen molar-refractivity contribution in [2.75, 3.05) is 0 Å². The molecule has 1 aromatic rings. The van der Waals surface area contributed by atoms with Crippen LogP contribution in [0.2, 0.25) is 0 Å². The summed E-state index contributed by atoms with van der Waals surface area (Å²) in [5.74, 6) is 0. The Morgan fingerprint density at radius 2 is 1.79 bits per heavy atom. The number of fused-ring (bicyclic) bond motifs is 1. The van der Waals surface area contributed by atoms with Gasteiger partial charge in [0.1, 0.15) is 0 Å². The molecule has 0 nitrogen and oxygen atoms in total. The van der Waals surface area contributed by atoms with E-state index in [1.54, 1.807) is 0 Å². The number of hydrogen-bond donors (Lipinski definition) is 0. The Hall–Kier alpha value is -1.35. The van der Waals surface area contributed by atoms with E-state index in [2.05, 4.69) is 106 Å². The molecule has 1 heteroatoms. The van der Waals surface area contributed by atoms with Gasteiger partial charge < -0.3 is 0 Å². The molecular weight excluding hydrogens is 403 g/mol. The molecule has 1 aromatic carbocycles. The van der Waals surface area contributed by atoms with Crippen molar-refractivity contribution in [3.8, 4) is 0 Å². The molecule has 0 bridgehead atoms. The zero-order valence-electron chi connectivity index (χ0n) is 15.2. The Balaban J connectivity index is 2.33. The Morgan fingerprint density at radius 3 is 2.38 bits per heavy atom. The third-order valence-electron chi connectivity index (χ3n) is 4.92. The molecule has 0 heterocycles. The minimum absolute atomic E-state index is 0.0139. The Bertz CT molecular complexity index is 754. The second kappa shape index (κ2) is 7.69. The SMILES string of the molecule is C=C(CC/C(I)=C\C)C(/C=C1\C(=C)c2ccccc2C1(C)C)=C/C. The van der Waals surface area contributed by atoms with Gasteiger partial charge >= 0.3 is 0 Å². The first kappa shape index (κ1) is 19.0. The Morgan fingerprint density at radius 1 is 1.12 bits per heavy atom. The molecule has 0 fully saturated rings. The van der Waals surface area contributed by atoms with E-state index in [1.165, 1.54) is 31.4 Å². The van der Waals surface area contributed by atoms with Gasteiger partial charge in [-0.3, -0.25) is 0 Å². The van der Waals surface area contributed by atoms with Crippen molar-refractivity contribution in [3.05, 3.63) is 87.1 Å². The molecule has 0 unspecified atom stereocenters. The summed E-state index contributed by atoms with van der Waals surface area (Å²) in [6.07, 6.45) is 8.69. The van der Waals surface area contributed by atoms with Crippen LogP contribution < -0.4 is 0 Å². The van der Waals surface area contributed by atoms with Crippen LogP contribution in [0.5, 0.6) is 0 Å². The third kappa shape index (κ3) is 3.66. The lowest BCUT2D eigenvalue weighted by molar-refractivity contribution is 0.660. The molecule has 1 aliphatic rings. The van der Waals surface area contributed by atoms with E-state index >= 15 is 0 Å². The van der Waals surface area contributed by atoms with E-state index in [0.717, 1.165) is 18.4 Å². The van der Waals surface area contributed by atoms with Gasteiger partial charge in [-0.05, 0) is 86.3 Å². The summed E-state index contributed by atoms with van der Waals surface area (Å²) < 4.78 is 1.38. The van der Waals surface area contributed by atoms with E-state index in [0.29, 0.717) is 0 Å². The van der Waals surface area contributed by atoms with Gasteiger partial charge in [0.2, 0.25) is 0 Å². The predicted octanol–water partition coefficient (Wildman–Crippen LogP) is 7.54. The quantitative estimate of drug-likeness (QED) is 0.334. The van der Waals surface area contributed by atoms with Crippen LogP contribution in [-0.2, 0) is 5.41 Å². The number of benzene rings is 1. The van der Waals surface area contributed by atoms with Gasteiger partial charge in [0.25, 0.3) is 0 Å². The normalized spacial score (nSPS) is 18.9. The molecule has 0 N–H and O–H groups in total. The second-order valence-electron chi connectivity index (χ2n) is 6.79. The van der Waals surface area contributed by atoms with Crippen molar-refractivity contribution in [3.63, 3.8) is 0 Å². The molecule has 0 atom stereocenters. The third-order valence-corrected chi connectivity index (χ3v) is 6.08. The fourth-order valence-electron chi connectivity index (χ4n) is 3.33. The monoisotopic (exact) mass is 430 g/mol. The lowest BCUT2D eigenvalue weighted by Crippen LogP contribution is -2.15. The Labute approximate surface area is 160 Å². The predicted molar refractivity (Wildman–Crippen MR) is 116 cm³/mol. The van der Waals surface area contributed by atoms with Crippen LogP contribution in [0.3, 0.4) is 0 Å². The second-order valence-corrected chi connectivity index (χ2v) is 8.18. The van der Waals surface area contributed by atoms with Gasteiger partial charge in [-0.25, -0.2) is 0 Å². The molecule has 0 spiro atoms. The summed E-state index contributed by atoms with van der Waals surface area (Å²) in [5.41, 5.74) is 7.50. The van der Waals surface area contributed by atoms with Gasteiger partial charge in [0.05, 0.1) is 0 Å². The molecule has 0 amide bonds. The van der Waals surface area contributed by atoms with Crippen molar-refractivity contribution in [2.45, 2.75) is 46.0 Å². The Kier molecular flexibility index (Phi) is 6.08. The van der Waals surface area contributed by atoms with E-state index in [-0.39, 0.29) is 5.41 Å². The van der Waals surface area contributed by atoms with Crippen molar-refractivity contribution in [1.82, 2.24) is 0 Å². The summed E-state index contributed by atoms with van der Waals surface area (Å²) in [6.45, 7) is 17.4. The lowest BCUT2D eigenvalue weighted by Gasteiger charge is -2.23. The van der Waals surface area contributed by atoms with Crippen molar-refractivity contribution in [1.29, 1.82) is 0 Å². The molecule has 0 aliphatic heterocycles. The fourth-order valence-corrected chi connectivity index (χ4v) is 3.60. The fraction of sp³-hybridized carbons (Fsp3) is 0.304. The van der Waals surface area contributed by atoms with E-state index in [1.807, 2.05) is 0 Å². The number of halogens is 1. The first-order chi connectivity index (χ1) is 11.3. The van der Waals surface area contributed by atoms with Gasteiger partial charge in [-0.15, -0.1) is 0 Å². The highest BCUT2D eigenvalue weighted by atomic mass is 127. The topological polar surface area (TPSA) is 0 Å². The molecule has 1 aliphatic carbocycles. The van der Waals surface area contributed by atoms with E-state index in [9.17, 15) is 0 Å². The van der Waals surface area contributed by atoms with E-state index < -0.39 is 0 Å². The zero-order chi connectivity index (χ0) is 17.9. The van der Waals surface area contributed by atoms with Crippen LogP contribution in [-0.4, -0.2) is 0 Å². The molecule has 0 saturated carbocycles. The van der Waals surface area contributed by atoms with Crippen LogP contribution in [0, 0.1) is 0 Å². The standard InChI is InChI=1S/C23H27I/c1-7-18(16(3)13-14-19(24)8-2)15-22-17(4)20-11-9-10-12-21(20)23(22,5)6/h7-12,15H,3-4,13-14H2,1-2,5-6H3/b18-7+,19-8+,22-15+. The van der Waals surface area contributed by atoms with Crippen molar-refractivity contribution in [2.24, 2.45) is 0 Å². The molecule has 0 saturated heterocycles. The average molecular weight is 430 g/mol. The zero-order valence-corrected chi connectivity index (χ0v) is 17.4. The summed E-state index contributed by atoms with van der Waals surface area (Å²) in [4.78, 5) is 0. The van der Waals surface area contributed by atoms with Crippen LogP contribution in [0.15, 0.2) is 76.0 Å². The van der Waals surface area contributed by atoms with Crippen molar-refractivity contribution >= 4 is 28.2 Å². The average Bonchev–Trinajstić information content (AvgIpc) is 2.77. The number of rotatable bonds is 5. The number of hydrogen-bond acceptors (Lipinski definition) is 0. The van der Waals surface area contributed by atoms with Crippen LogP contribution in [0.4, 0.5) is 0 Å². The van der Waals surface area contributed by atoms with Gasteiger partial charge in [-0.2, -0.15) is 0 Å². The highest BCUT2D eigenvalue weighted by molar-refractivity contribution is 14.1. The maximum Gasteiger partial charge on any atom is 0.0158 e. The van der Waals surface area contributed by atoms with E-state index in [4.69, 9.17) is 0 Å². The summed E-state index contributed by atoms with van der Waals surface area (Å²) in [5, 5.41) is 0. The highest BCUT2D eigenvalue weighted by Crippen LogP contribution is 2.49. The van der Waals surface area contributed by atoms with Gasteiger partial charge in [-0.1, -0.05) is 69.5 Å². The molecular formula is C23H27I. The largest absolute Gasteiger partial charge is 0.0952 e. The molecule has 0 aromatic heterocycles. The first-order valence-electron chi connectivity index (χ1n) is 8.49. The highest BCUT2D eigenvalue weighted by Gasteiger charge is 2.36. The van der Waals surface area contributed by atoms with Crippen LogP contribution in [0.1, 0.15) is 51.7 Å². The minimum Gasteiger partial charge on any atom is -0.0952 e. The summed E-state index contributed by atoms with van der Waals surface area (Å²) in [7, 11) is 0. The molecule has 2 rings (SSSR count). The lowest BCUT2D eigenvalue weighted by atomic mass is 9.81. The van der Waals surface area contributed by atoms with Crippen LogP contribution in [0.25, 0.3) is 5.57 Å². The maximum absolute atomic E-state index is 4.37.